The summed E-state index contributed by atoms with van der Waals surface area (Å²) < 4.78 is 0. The SMILES string of the molecule is CCC1CCCC(CN)(N2CCN(C)c3ccccc32)C1. The fourth-order valence-corrected chi connectivity index (χ4v) is 4.35. The molecule has 1 heterocycles. The van der Waals surface area contributed by atoms with Crippen LogP contribution in [0.15, 0.2) is 24.3 Å². The van der Waals surface area contributed by atoms with Crippen molar-refractivity contribution in [3.05, 3.63) is 24.3 Å². The smallest absolute Gasteiger partial charge is 0.0609 e. The van der Waals surface area contributed by atoms with Crippen LogP contribution in [0.2, 0.25) is 0 Å². The molecule has 3 heteroatoms. The van der Waals surface area contributed by atoms with Gasteiger partial charge in [-0.1, -0.05) is 38.3 Å². The Hall–Kier alpha value is -1.22. The van der Waals surface area contributed by atoms with Gasteiger partial charge in [0.05, 0.1) is 16.9 Å². The predicted molar refractivity (Wildman–Crippen MR) is 91.1 cm³/mol. The molecule has 0 bridgehead atoms. The minimum atomic E-state index is 0.177. The first-order chi connectivity index (χ1) is 10.2. The largest absolute Gasteiger partial charge is 0.371 e. The normalized spacial score (nSPS) is 29.4. The molecular formula is C18H29N3. The second-order valence-electron chi connectivity index (χ2n) is 6.86. The summed E-state index contributed by atoms with van der Waals surface area (Å²) in [5, 5.41) is 0. The van der Waals surface area contributed by atoms with E-state index < -0.39 is 0 Å². The number of fused-ring (bicyclic) bond motifs is 1. The summed E-state index contributed by atoms with van der Waals surface area (Å²) in [6, 6.07) is 8.82. The van der Waals surface area contributed by atoms with E-state index >= 15 is 0 Å². The maximum atomic E-state index is 6.32. The van der Waals surface area contributed by atoms with Gasteiger partial charge < -0.3 is 15.5 Å². The highest BCUT2D eigenvalue weighted by Crippen LogP contribution is 2.43. The van der Waals surface area contributed by atoms with Gasteiger partial charge in [-0.3, -0.25) is 0 Å². The third-order valence-electron chi connectivity index (χ3n) is 5.70. The molecule has 0 spiro atoms. The summed E-state index contributed by atoms with van der Waals surface area (Å²) in [7, 11) is 2.20. The second kappa shape index (κ2) is 5.88. The number of nitrogens with zero attached hydrogens (tertiary/aromatic N) is 2. The number of rotatable bonds is 3. The summed E-state index contributed by atoms with van der Waals surface area (Å²) in [5.74, 6) is 0.842. The van der Waals surface area contributed by atoms with Crippen molar-refractivity contribution in [1.29, 1.82) is 0 Å². The predicted octanol–water partition coefficient (Wildman–Crippen LogP) is 3.24. The molecule has 21 heavy (non-hydrogen) atoms. The van der Waals surface area contributed by atoms with Crippen LogP contribution in [0.1, 0.15) is 39.0 Å². The summed E-state index contributed by atoms with van der Waals surface area (Å²) in [4.78, 5) is 5.01. The van der Waals surface area contributed by atoms with Gasteiger partial charge in [-0.25, -0.2) is 0 Å². The molecule has 0 aromatic heterocycles. The molecule has 1 aliphatic heterocycles. The Balaban J connectivity index is 1.96. The number of para-hydroxylation sites is 2. The van der Waals surface area contributed by atoms with Crippen LogP contribution >= 0.6 is 0 Å². The van der Waals surface area contributed by atoms with E-state index in [1.165, 1.54) is 43.5 Å². The fraction of sp³-hybridized carbons (Fsp3) is 0.667. The van der Waals surface area contributed by atoms with Crippen LogP contribution in [-0.4, -0.2) is 32.2 Å². The van der Waals surface area contributed by atoms with Crippen molar-refractivity contribution in [3.8, 4) is 0 Å². The molecule has 0 amide bonds. The van der Waals surface area contributed by atoms with Crippen LogP contribution in [0.4, 0.5) is 11.4 Å². The van der Waals surface area contributed by atoms with E-state index in [0.29, 0.717) is 0 Å². The quantitative estimate of drug-likeness (QED) is 0.926. The standard InChI is InChI=1S/C18H29N3/c1-3-15-7-6-10-18(13-15,14-19)21-12-11-20(2)16-8-4-5-9-17(16)21/h4-5,8-9,15H,3,6-7,10-14,19H2,1-2H3. The van der Waals surface area contributed by atoms with E-state index in [2.05, 4.69) is 48.0 Å². The van der Waals surface area contributed by atoms with Gasteiger partial charge in [0.15, 0.2) is 0 Å². The maximum Gasteiger partial charge on any atom is 0.0609 e. The zero-order valence-electron chi connectivity index (χ0n) is 13.5. The summed E-state index contributed by atoms with van der Waals surface area (Å²) in [6.07, 6.45) is 6.51. The molecule has 2 unspecified atom stereocenters. The average molecular weight is 287 g/mol. The lowest BCUT2D eigenvalue weighted by Crippen LogP contribution is -2.59. The minimum Gasteiger partial charge on any atom is -0.371 e. The zero-order valence-corrected chi connectivity index (χ0v) is 13.5. The molecule has 2 N–H and O–H groups in total. The average Bonchev–Trinajstić information content (AvgIpc) is 2.55. The molecule has 3 nitrogen and oxygen atoms in total. The van der Waals surface area contributed by atoms with Crippen LogP contribution in [0.25, 0.3) is 0 Å². The van der Waals surface area contributed by atoms with Gasteiger partial charge in [0.25, 0.3) is 0 Å². The first-order valence-electron chi connectivity index (χ1n) is 8.48. The van der Waals surface area contributed by atoms with E-state index in [1.807, 2.05) is 0 Å². The van der Waals surface area contributed by atoms with E-state index in [1.54, 1.807) is 0 Å². The van der Waals surface area contributed by atoms with Crippen LogP contribution in [0, 0.1) is 5.92 Å². The van der Waals surface area contributed by atoms with Crippen molar-refractivity contribution in [2.75, 3.05) is 36.5 Å². The van der Waals surface area contributed by atoms with E-state index in [9.17, 15) is 0 Å². The molecule has 1 fully saturated rings. The number of likely N-dealkylation sites (N-methyl/N-ethyl adjacent to an activating group) is 1. The molecule has 2 atom stereocenters. The molecule has 1 aromatic rings. The van der Waals surface area contributed by atoms with E-state index in [-0.39, 0.29) is 5.54 Å². The molecule has 0 radical (unpaired) electrons. The van der Waals surface area contributed by atoms with Gasteiger partial charge in [-0.2, -0.15) is 0 Å². The number of hydrogen-bond acceptors (Lipinski definition) is 3. The number of anilines is 2. The maximum absolute atomic E-state index is 6.32. The van der Waals surface area contributed by atoms with Crippen LogP contribution in [0.3, 0.4) is 0 Å². The molecule has 2 aliphatic rings. The Morgan fingerprint density at radius 2 is 2.00 bits per heavy atom. The highest BCUT2D eigenvalue weighted by molar-refractivity contribution is 5.74. The molecular weight excluding hydrogens is 258 g/mol. The Kier molecular flexibility index (Phi) is 4.12. The summed E-state index contributed by atoms with van der Waals surface area (Å²) in [5.41, 5.74) is 9.24. The molecule has 3 rings (SSSR count). The third-order valence-corrected chi connectivity index (χ3v) is 5.70. The Labute approximate surface area is 129 Å². The van der Waals surface area contributed by atoms with Crippen molar-refractivity contribution < 1.29 is 0 Å². The molecule has 1 saturated carbocycles. The van der Waals surface area contributed by atoms with E-state index in [0.717, 1.165) is 25.6 Å². The molecule has 1 aliphatic carbocycles. The van der Waals surface area contributed by atoms with Crippen LogP contribution in [0.5, 0.6) is 0 Å². The van der Waals surface area contributed by atoms with Crippen molar-refractivity contribution in [2.45, 2.75) is 44.6 Å². The van der Waals surface area contributed by atoms with Gasteiger partial charge >= 0.3 is 0 Å². The van der Waals surface area contributed by atoms with Crippen LogP contribution in [-0.2, 0) is 0 Å². The van der Waals surface area contributed by atoms with Gasteiger partial charge in [-0.05, 0) is 30.9 Å². The topological polar surface area (TPSA) is 32.5 Å². The lowest BCUT2D eigenvalue weighted by atomic mass is 9.73. The summed E-state index contributed by atoms with van der Waals surface area (Å²) >= 11 is 0. The minimum absolute atomic E-state index is 0.177. The molecule has 1 aromatic carbocycles. The lowest BCUT2D eigenvalue weighted by molar-refractivity contribution is 0.211. The Bertz CT molecular complexity index is 487. The molecule has 116 valence electrons. The van der Waals surface area contributed by atoms with Crippen LogP contribution < -0.4 is 15.5 Å². The first-order valence-corrected chi connectivity index (χ1v) is 8.48. The van der Waals surface area contributed by atoms with Crippen molar-refractivity contribution in [1.82, 2.24) is 0 Å². The summed E-state index contributed by atoms with van der Waals surface area (Å²) in [6.45, 7) is 5.30. The Morgan fingerprint density at radius 3 is 2.71 bits per heavy atom. The van der Waals surface area contributed by atoms with Crippen molar-refractivity contribution in [3.63, 3.8) is 0 Å². The molecule has 0 saturated heterocycles. The van der Waals surface area contributed by atoms with Crippen molar-refractivity contribution in [2.24, 2.45) is 11.7 Å². The number of nitrogens with two attached hydrogens (primary N) is 1. The highest BCUT2D eigenvalue weighted by Gasteiger charge is 2.41. The van der Waals surface area contributed by atoms with E-state index in [4.69, 9.17) is 5.73 Å². The fourth-order valence-electron chi connectivity index (χ4n) is 4.35. The highest BCUT2D eigenvalue weighted by atomic mass is 15.3. The Morgan fingerprint density at radius 1 is 1.24 bits per heavy atom. The number of benzene rings is 1. The van der Waals surface area contributed by atoms with Gasteiger partial charge in [0.1, 0.15) is 0 Å². The first kappa shape index (κ1) is 14.7. The van der Waals surface area contributed by atoms with Crippen molar-refractivity contribution >= 4 is 11.4 Å². The van der Waals surface area contributed by atoms with Gasteiger partial charge in [0.2, 0.25) is 0 Å². The second-order valence-corrected chi connectivity index (χ2v) is 6.86. The zero-order chi connectivity index (χ0) is 14.9. The third kappa shape index (κ3) is 2.52. The lowest BCUT2D eigenvalue weighted by Gasteiger charge is -2.52. The number of hydrogen-bond donors (Lipinski definition) is 1. The van der Waals surface area contributed by atoms with Gasteiger partial charge in [-0.15, -0.1) is 0 Å². The monoisotopic (exact) mass is 287 g/mol. The van der Waals surface area contributed by atoms with Gasteiger partial charge in [0, 0.05) is 26.7 Å².